The molecule has 0 saturated carbocycles. The van der Waals surface area contributed by atoms with E-state index in [4.69, 9.17) is 11.6 Å². The number of hydrogen-bond donors (Lipinski definition) is 2. The van der Waals surface area contributed by atoms with E-state index in [0.717, 1.165) is 15.8 Å². The van der Waals surface area contributed by atoms with Gasteiger partial charge in [0, 0.05) is 35.0 Å². The van der Waals surface area contributed by atoms with Gasteiger partial charge in [0.05, 0.1) is 5.69 Å². The minimum absolute atomic E-state index is 0.180. The SMILES string of the molecule is CC(=O)Nc1cc(-c2ccc(=O)n(CC(=O)Nc3ccc(C)c(Cl)c3)n2)ccc1C. The van der Waals surface area contributed by atoms with Crippen molar-refractivity contribution in [3.63, 3.8) is 0 Å². The van der Waals surface area contributed by atoms with Crippen LogP contribution in [-0.4, -0.2) is 21.6 Å². The Morgan fingerprint density at radius 3 is 2.43 bits per heavy atom. The Morgan fingerprint density at radius 2 is 1.73 bits per heavy atom. The number of rotatable bonds is 5. The molecular weight excluding hydrogens is 404 g/mol. The summed E-state index contributed by atoms with van der Waals surface area (Å²) in [7, 11) is 0. The normalized spacial score (nSPS) is 10.5. The molecule has 0 fully saturated rings. The van der Waals surface area contributed by atoms with Gasteiger partial charge in [-0.15, -0.1) is 0 Å². The highest BCUT2D eigenvalue weighted by Crippen LogP contribution is 2.24. The average molecular weight is 425 g/mol. The van der Waals surface area contributed by atoms with Crippen molar-refractivity contribution in [1.82, 2.24) is 9.78 Å². The van der Waals surface area contributed by atoms with Gasteiger partial charge >= 0.3 is 0 Å². The number of aryl methyl sites for hydroxylation is 2. The van der Waals surface area contributed by atoms with E-state index in [0.29, 0.717) is 27.7 Å². The highest BCUT2D eigenvalue weighted by Gasteiger charge is 2.11. The molecule has 2 N–H and O–H groups in total. The standard InChI is InChI=1S/C22H21ClN4O3/c1-13-5-7-17(11-18(13)23)25-21(29)12-27-22(30)9-8-19(26-27)16-6-4-14(2)20(10-16)24-15(3)28/h4-11H,12H2,1-3H3,(H,24,28)(H,25,29). The Bertz CT molecular complexity index is 1190. The zero-order valence-corrected chi connectivity index (χ0v) is 17.6. The molecular formula is C22H21ClN4O3. The van der Waals surface area contributed by atoms with Crippen molar-refractivity contribution in [2.24, 2.45) is 0 Å². The lowest BCUT2D eigenvalue weighted by Crippen LogP contribution is -2.29. The number of halogens is 1. The van der Waals surface area contributed by atoms with Crippen LogP contribution in [0.5, 0.6) is 0 Å². The third-order valence-electron chi connectivity index (χ3n) is 4.46. The van der Waals surface area contributed by atoms with E-state index in [1.165, 1.54) is 13.0 Å². The minimum atomic E-state index is -0.399. The van der Waals surface area contributed by atoms with Crippen LogP contribution in [0.25, 0.3) is 11.3 Å². The van der Waals surface area contributed by atoms with E-state index in [1.54, 1.807) is 30.3 Å². The first-order valence-electron chi connectivity index (χ1n) is 9.26. The molecule has 3 rings (SSSR count). The molecule has 0 atom stereocenters. The lowest BCUT2D eigenvalue weighted by atomic mass is 10.1. The van der Waals surface area contributed by atoms with Crippen LogP contribution in [-0.2, 0) is 16.1 Å². The Hall–Kier alpha value is -3.45. The number of hydrogen-bond acceptors (Lipinski definition) is 4. The molecule has 0 radical (unpaired) electrons. The van der Waals surface area contributed by atoms with Crippen LogP contribution in [0.4, 0.5) is 11.4 Å². The molecule has 0 aliphatic rings. The van der Waals surface area contributed by atoms with E-state index in [-0.39, 0.29) is 12.5 Å². The highest BCUT2D eigenvalue weighted by molar-refractivity contribution is 6.31. The number of benzene rings is 2. The lowest BCUT2D eigenvalue weighted by Gasteiger charge is -2.11. The summed E-state index contributed by atoms with van der Waals surface area (Å²) >= 11 is 6.08. The van der Waals surface area contributed by atoms with Gasteiger partial charge in [-0.3, -0.25) is 14.4 Å². The van der Waals surface area contributed by atoms with Crippen LogP contribution in [0.1, 0.15) is 18.1 Å². The molecule has 154 valence electrons. The summed E-state index contributed by atoms with van der Waals surface area (Å²) in [6.07, 6.45) is 0. The van der Waals surface area contributed by atoms with Gasteiger partial charge in [0.15, 0.2) is 0 Å². The summed E-state index contributed by atoms with van der Waals surface area (Å²) in [6, 6.07) is 13.6. The Kier molecular flexibility index (Phi) is 6.32. The minimum Gasteiger partial charge on any atom is -0.326 e. The van der Waals surface area contributed by atoms with Gasteiger partial charge < -0.3 is 10.6 Å². The predicted octanol–water partition coefficient (Wildman–Crippen LogP) is 3.78. The summed E-state index contributed by atoms with van der Waals surface area (Å²) < 4.78 is 1.10. The molecule has 0 aliphatic carbocycles. The monoisotopic (exact) mass is 424 g/mol. The van der Waals surface area contributed by atoms with Gasteiger partial charge in [0.2, 0.25) is 11.8 Å². The quantitative estimate of drug-likeness (QED) is 0.651. The van der Waals surface area contributed by atoms with Gasteiger partial charge in [-0.1, -0.05) is 29.8 Å². The molecule has 0 aliphatic heterocycles. The van der Waals surface area contributed by atoms with Crippen molar-refractivity contribution in [3.05, 3.63) is 75.0 Å². The average Bonchev–Trinajstić information content (AvgIpc) is 2.68. The van der Waals surface area contributed by atoms with E-state index in [9.17, 15) is 14.4 Å². The number of amides is 2. The zero-order chi connectivity index (χ0) is 21.8. The molecule has 30 heavy (non-hydrogen) atoms. The Balaban J connectivity index is 1.83. The molecule has 2 aromatic carbocycles. The number of nitrogens with one attached hydrogen (secondary N) is 2. The van der Waals surface area contributed by atoms with Crippen molar-refractivity contribution in [3.8, 4) is 11.3 Å². The molecule has 0 bridgehead atoms. The molecule has 0 unspecified atom stereocenters. The Morgan fingerprint density at radius 1 is 1.00 bits per heavy atom. The predicted molar refractivity (Wildman–Crippen MR) is 118 cm³/mol. The number of carbonyl (C=O) groups is 2. The molecule has 3 aromatic rings. The number of nitrogens with zero attached hydrogens (tertiary/aromatic N) is 2. The molecule has 8 heteroatoms. The highest BCUT2D eigenvalue weighted by atomic mass is 35.5. The van der Waals surface area contributed by atoms with Crippen LogP contribution >= 0.6 is 11.6 Å². The van der Waals surface area contributed by atoms with Crippen LogP contribution in [0, 0.1) is 13.8 Å². The van der Waals surface area contributed by atoms with Crippen molar-refractivity contribution in [2.75, 3.05) is 10.6 Å². The topological polar surface area (TPSA) is 93.1 Å². The number of carbonyl (C=O) groups excluding carboxylic acids is 2. The number of aromatic nitrogens is 2. The van der Waals surface area contributed by atoms with Gasteiger partial charge in [-0.25, -0.2) is 4.68 Å². The van der Waals surface area contributed by atoms with E-state index < -0.39 is 11.5 Å². The molecule has 2 amide bonds. The second kappa shape index (κ2) is 8.92. The first-order valence-corrected chi connectivity index (χ1v) is 9.63. The van der Waals surface area contributed by atoms with Gasteiger partial charge in [0.1, 0.15) is 6.54 Å². The van der Waals surface area contributed by atoms with Crippen molar-refractivity contribution < 1.29 is 9.59 Å². The fourth-order valence-corrected chi connectivity index (χ4v) is 3.01. The van der Waals surface area contributed by atoms with Crippen LogP contribution in [0.3, 0.4) is 0 Å². The summed E-state index contributed by atoms with van der Waals surface area (Å²) in [4.78, 5) is 36.0. The van der Waals surface area contributed by atoms with Gasteiger partial charge in [-0.05, 0) is 49.2 Å². The third-order valence-corrected chi connectivity index (χ3v) is 4.87. The first-order chi connectivity index (χ1) is 14.2. The maximum atomic E-state index is 12.4. The lowest BCUT2D eigenvalue weighted by molar-refractivity contribution is -0.117. The Labute approximate surface area is 178 Å². The number of anilines is 2. The molecule has 7 nitrogen and oxygen atoms in total. The van der Waals surface area contributed by atoms with Crippen LogP contribution in [0.15, 0.2) is 53.3 Å². The summed E-state index contributed by atoms with van der Waals surface area (Å²) in [6.45, 7) is 4.93. The van der Waals surface area contributed by atoms with Gasteiger partial charge in [0.25, 0.3) is 5.56 Å². The van der Waals surface area contributed by atoms with Gasteiger partial charge in [-0.2, -0.15) is 5.10 Å². The second-order valence-electron chi connectivity index (χ2n) is 6.94. The summed E-state index contributed by atoms with van der Waals surface area (Å²) in [5, 5.41) is 10.3. The smallest absolute Gasteiger partial charge is 0.267 e. The molecule has 1 heterocycles. The van der Waals surface area contributed by atoms with Crippen molar-refractivity contribution in [2.45, 2.75) is 27.3 Å². The maximum absolute atomic E-state index is 12.4. The second-order valence-corrected chi connectivity index (χ2v) is 7.34. The molecule has 0 spiro atoms. The molecule has 0 saturated heterocycles. The fourth-order valence-electron chi connectivity index (χ4n) is 2.83. The summed E-state index contributed by atoms with van der Waals surface area (Å²) in [5.41, 5.74) is 3.82. The molecule has 1 aromatic heterocycles. The van der Waals surface area contributed by atoms with E-state index >= 15 is 0 Å². The van der Waals surface area contributed by atoms with Crippen LogP contribution < -0.4 is 16.2 Å². The summed E-state index contributed by atoms with van der Waals surface area (Å²) in [5.74, 6) is -0.578. The van der Waals surface area contributed by atoms with E-state index in [2.05, 4.69) is 15.7 Å². The van der Waals surface area contributed by atoms with Crippen LogP contribution in [0.2, 0.25) is 5.02 Å². The third kappa shape index (κ3) is 5.12. The van der Waals surface area contributed by atoms with E-state index in [1.807, 2.05) is 26.0 Å². The fraction of sp³-hybridized carbons (Fsp3) is 0.182. The van der Waals surface area contributed by atoms with Crippen molar-refractivity contribution >= 4 is 34.8 Å². The largest absolute Gasteiger partial charge is 0.326 e. The zero-order valence-electron chi connectivity index (χ0n) is 16.8. The maximum Gasteiger partial charge on any atom is 0.267 e. The first kappa shape index (κ1) is 21.3. The van der Waals surface area contributed by atoms with Crippen molar-refractivity contribution in [1.29, 1.82) is 0 Å².